The molecule has 0 heterocycles. The van der Waals surface area contributed by atoms with Crippen LogP contribution in [0.15, 0.2) is 24.3 Å². The molecule has 0 bridgehead atoms. The van der Waals surface area contributed by atoms with E-state index >= 15 is 0 Å². The second-order valence-corrected chi connectivity index (χ2v) is 3.31. The van der Waals surface area contributed by atoms with Crippen LogP contribution in [0.3, 0.4) is 0 Å². The highest BCUT2D eigenvalue weighted by atomic mass is 16.3. The van der Waals surface area contributed by atoms with Crippen molar-refractivity contribution in [1.82, 2.24) is 0 Å². The van der Waals surface area contributed by atoms with Gasteiger partial charge in [-0.1, -0.05) is 18.2 Å². The highest BCUT2D eigenvalue weighted by Crippen LogP contribution is 2.39. The van der Waals surface area contributed by atoms with E-state index in [-0.39, 0.29) is 11.5 Å². The SMILES string of the molecule is CC=C1CC=Cc2c(O)ccc(O)c21. The van der Waals surface area contributed by atoms with Gasteiger partial charge in [-0.25, -0.2) is 0 Å². The van der Waals surface area contributed by atoms with Crippen molar-refractivity contribution in [1.29, 1.82) is 0 Å². The maximum absolute atomic E-state index is 9.70. The Kier molecular flexibility index (Phi) is 2.04. The normalized spacial score (nSPS) is 17.1. The Morgan fingerprint density at radius 1 is 1.21 bits per heavy atom. The van der Waals surface area contributed by atoms with Gasteiger partial charge in [0.1, 0.15) is 11.5 Å². The Bertz CT molecular complexity index is 428. The average molecular weight is 188 g/mol. The molecule has 0 unspecified atom stereocenters. The Balaban J connectivity index is 2.75. The highest BCUT2D eigenvalue weighted by Gasteiger charge is 2.16. The number of allylic oxidation sites excluding steroid dienone is 3. The molecule has 0 spiro atoms. The lowest BCUT2D eigenvalue weighted by Gasteiger charge is -2.16. The van der Waals surface area contributed by atoms with Gasteiger partial charge >= 0.3 is 0 Å². The molecule has 0 saturated heterocycles. The average Bonchev–Trinajstić information content (AvgIpc) is 2.23. The molecule has 1 aromatic rings. The van der Waals surface area contributed by atoms with Crippen molar-refractivity contribution >= 4 is 11.6 Å². The second-order valence-electron chi connectivity index (χ2n) is 3.31. The Hall–Kier alpha value is -1.70. The molecule has 2 N–H and O–H groups in total. The van der Waals surface area contributed by atoms with Gasteiger partial charge in [0.2, 0.25) is 0 Å². The van der Waals surface area contributed by atoms with Crippen LogP contribution in [0.5, 0.6) is 11.5 Å². The predicted octanol–water partition coefficient (Wildman–Crippen LogP) is 2.92. The summed E-state index contributed by atoms with van der Waals surface area (Å²) in [5.41, 5.74) is 2.52. The molecule has 1 aliphatic rings. The van der Waals surface area contributed by atoms with Crippen molar-refractivity contribution in [2.45, 2.75) is 13.3 Å². The minimum Gasteiger partial charge on any atom is -0.507 e. The lowest BCUT2D eigenvalue weighted by molar-refractivity contribution is 0.457. The summed E-state index contributed by atoms with van der Waals surface area (Å²) < 4.78 is 0. The third kappa shape index (κ3) is 1.20. The van der Waals surface area contributed by atoms with E-state index in [0.29, 0.717) is 5.56 Å². The van der Waals surface area contributed by atoms with Gasteiger partial charge in [0.15, 0.2) is 0 Å². The van der Waals surface area contributed by atoms with Crippen LogP contribution in [0.2, 0.25) is 0 Å². The van der Waals surface area contributed by atoms with Crippen LogP contribution in [0.1, 0.15) is 24.5 Å². The van der Waals surface area contributed by atoms with E-state index in [1.54, 1.807) is 0 Å². The molecular weight excluding hydrogens is 176 g/mol. The van der Waals surface area contributed by atoms with Gasteiger partial charge in [0.25, 0.3) is 0 Å². The van der Waals surface area contributed by atoms with E-state index in [1.807, 2.05) is 25.2 Å². The van der Waals surface area contributed by atoms with Crippen LogP contribution >= 0.6 is 0 Å². The lowest BCUT2D eigenvalue weighted by Crippen LogP contribution is -1.94. The van der Waals surface area contributed by atoms with E-state index in [4.69, 9.17) is 0 Å². The first kappa shape index (κ1) is 8.88. The summed E-state index contributed by atoms with van der Waals surface area (Å²) in [6.45, 7) is 1.93. The molecule has 0 fully saturated rings. The molecule has 0 radical (unpaired) electrons. The standard InChI is InChI=1S/C12H12O2/c1-2-8-4-3-5-9-10(13)6-7-11(14)12(8)9/h2-3,5-7,13-14H,4H2,1H3. The van der Waals surface area contributed by atoms with Crippen LogP contribution < -0.4 is 0 Å². The summed E-state index contributed by atoms with van der Waals surface area (Å²) >= 11 is 0. The third-order valence-corrected chi connectivity index (χ3v) is 2.49. The van der Waals surface area contributed by atoms with Crippen molar-refractivity contribution in [2.24, 2.45) is 0 Å². The van der Waals surface area contributed by atoms with Crippen molar-refractivity contribution in [2.75, 3.05) is 0 Å². The number of fused-ring (bicyclic) bond motifs is 1. The second kappa shape index (κ2) is 3.22. The largest absolute Gasteiger partial charge is 0.507 e. The first-order chi connectivity index (χ1) is 6.74. The Morgan fingerprint density at radius 3 is 2.64 bits per heavy atom. The molecule has 0 amide bonds. The molecule has 2 heteroatoms. The number of hydrogen-bond donors (Lipinski definition) is 2. The number of hydrogen-bond acceptors (Lipinski definition) is 2. The molecule has 2 rings (SSSR count). The third-order valence-electron chi connectivity index (χ3n) is 2.49. The van der Waals surface area contributed by atoms with Crippen molar-refractivity contribution < 1.29 is 10.2 Å². The van der Waals surface area contributed by atoms with Crippen LogP contribution in [-0.2, 0) is 0 Å². The zero-order valence-corrected chi connectivity index (χ0v) is 7.99. The van der Waals surface area contributed by atoms with E-state index in [9.17, 15) is 10.2 Å². The van der Waals surface area contributed by atoms with Gasteiger partial charge in [-0.3, -0.25) is 0 Å². The summed E-state index contributed by atoms with van der Waals surface area (Å²) in [6, 6.07) is 3.04. The zero-order chi connectivity index (χ0) is 10.1. The van der Waals surface area contributed by atoms with Crippen LogP contribution in [0.4, 0.5) is 0 Å². The first-order valence-corrected chi connectivity index (χ1v) is 4.61. The zero-order valence-electron chi connectivity index (χ0n) is 7.99. The molecule has 0 aliphatic heterocycles. The van der Waals surface area contributed by atoms with Gasteiger partial charge in [0, 0.05) is 11.1 Å². The summed E-state index contributed by atoms with van der Waals surface area (Å²) in [7, 11) is 0. The number of phenols is 2. The maximum atomic E-state index is 9.70. The van der Waals surface area contributed by atoms with E-state index < -0.39 is 0 Å². The van der Waals surface area contributed by atoms with E-state index in [2.05, 4.69) is 0 Å². The monoisotopic (exact) mass is 188 g/mol. The smallest absolute Gasteiger partial charge is 0.123 e. The fourth-order valence-electron chi connectivity index (χ4n) is 1.77. The van der Waals surface area contributed by atoms with Crippen LogP contribution in [-0.4, -0.2) is 10.2 Å². The van der Waals surface area contributed by atoms with Crippen molar-refractivity contribution in [3.8, 4) is 11.5 Å². The molecular formula is C12H12O2. The summed E-state index contributed by atoms with van der Waals surface area (Å²) in [5.74, 6) is 0.448. The van der Waals surface area contributed by atoms with Gasteiger partial charge in [-0.05, 0) is 31.1 Å². The maximum Gasteiger partial charge on any atom is 0.123 e. The molecule has 0 atom stereocenters. The fourth-order valence-corrected chi connectivity index (χ4v) is 1.77. The first-order valence-electron chi connectivity index (χ1n) is 4.61. The van der Waals surface area contributed by atoms with Gasteiger partial charge in [-0.15, -0.1) is 0 Å². The number of benzene rings is 1. The van der Waals surface area contributed by atoms with Crippen molar-refractivity contribution in [3.63, 3.8) is 0 Å². The lowest BCUT2D eigenvalue weighted by atomic mass is 9.91. The highest BCUT2D eigenvalue weighted by molar-refractivity contribution is 5.84. The summed E-state index contributed by atoms with van der Waals surface area (Å²) in [4.78, 5) is 0. The van der Waals surface area contributed by atoms with Gasteiger partial charge in [-0.2, -0.15) is 0 Å². The predicted molar refractivity (Wildman–Crippen MR) is 57.1 cm³/mol. The minimum atomic E-state index is 0.216. The molecule has 14 heavy (non-hydrogen) atoms. The molecule has 1 aliphatic carbocycles. The van der Waals surface area contributed by atoms with Crippen molar-refractivity contribution in [3.05, 3.63) is 35.4 Å². The van der Waals surface area contributed by atoms with E-state index in [1.165, 1.54) is 12.1 Å². The number of aromatic hydroxyl groups is 2. The summed E-state index contributed by atoms with van der Waals surface area (Å²) in [6.07, 6.45) is 6.59. The topological polar surface area (TPSA) is 40.5 Å². The summed E-state index contributed by atoms with van der Waals surface area (Å²) in [5, 5.41) is 19.3. The molecule has 2 nitrogen and oxygen atoms in total. The van der Waals surface area contributed by atoms with Crippen LogP contribution in [0, 0.1) is 0 Å². The molecule has 0 aromatic heterocycles. The Morgan fingerprint density at radius 2 is 1.93 bits per heavy atom. The van der Waals surface area contributed by atoms with Gasteiger partial charge < -0.3 is 10.2 Å². The Labute approximate surface area is 82.8 Å². The quantitative estimate of drug-likeness (QED) is 0.614. The fraction of sp³-hybridized carbons (Fsp3) is 0.167. The molecule has 72 valence electrons. The van der Waals surface area contributed by atoms with Crippen LogP contribution in [0.25, 0.3) is 11.6 Å². The number of phenolic OH excluding ortho intramolecular Hbond substituents is 2. The van der Waals surface area contributed by atoms with Gasteiger partial charge in [0.05, 0.1) is 0 Å². The number of rotatable bonds is 0. The minimum absolute atomic E-state index is 0.216. The molecule has 1 aromatic carbocycles. The molecule has 0 saturated carbocycles. The van der Waals surface area contributed by atoms with E-state index in [0.717, 1.165) is 17.6 Å².